The predicted octanol–water partition coefficient (Wildman–Crippen LogP) is 3.40. The lowest BCUT2D eigenvalue weighted by Gasteiger charge is -2.28. The third-order valence-corrected chi connectivity index (χ3v) is 9.47. The monoisotopic (exact) mass is 549 g/mol. The standard InChI is InChI=1S/C31H31N7O3/c1-17-9-20(21-13-33-19(3)34-14-21)10-23-27(18(2)39)36-37(28(17)23)16-26(40)38-24(11-30(4)25-12-31(25,30)38)29(41)35-15-22-7-5-6-8-32-22/h5-10,13-14,24-25H,11-12,15-16H2,1-4H3,(H,35,41)/t24-,25?,30-,31-/m0/s1. The van der Waals surface area contributed by atoms with Crippen LogP contribution in [-0.4, -0.2) is 58.8 Å². The van der Waals surface area contributed by atoms with E-state index < -0.39 is 6.04 Å². The summed E-state index contributed by atoms with van der Waals surface area (Å²) in [7, 11) is 0. The first kappa shape index (κ1) is 25.5. The van der Waals surface area contributed by atoms with Gasteiger partial charge in [-0.25, -0.2) is 9.97 Å². The molecule has 3 aromatic heterocycles. The number of piperidine rings is 1. The number of nitrogens with zero attached hydrogens (tertiary/aromatic N) is 6. The Morgan fingerprint density at radius 1 is 1.05 bits per heavy atom. The van der Waals surface area contributed by atoms with Crippen molar-refractivity contribution in [1.82, 2.24) is 34.9 Å². The molecule has 1 unspecified atom stereocenters. The molecular formula is C31H31N7O3. The Hall–Kier alpha value is -4.47. The molecule has 3 aliphatic rings. The van der Waals surface area contributed by atoms with Crippen LogP contribution in [0.3, 0.4) is 0 Å². The number of pyridine rings is 1. The molecule has 2 amide bonds. The summed E-state index contributed by atoms with van der Waals surface area (Å²) in [6.45, 7) is 7.71. The number of fused-ring (bicyclic) bond motifs is 2. The van der Waals surface area contributed by atoms with Crippen LogP contribution in [0.25, 0.3) is 22.0 Å². The Morgan fingerprint density at radius 2 is 1.83 bits per heavy atom. The van der Waals surface area contributed by atoms with Gasteiger partial charge in [0.1, 0.15) is 24.1 Å². The summed E-state index contributed by atoms with van der Waals surface area (Å²) in [5.74, 6) is 0.635. The van der Waals surface area contributed by atoms with Crippen molar-refractivity contribution in [2.75, 3.05) is 0 Å². The van der Waals surface area contributed by atoms with Crippen molar-refractivity contribution in [1.29, 1.82) is 0 Å². The number of aromatic nitrogens is 5. The first-order valence-electron chi connectivity index (χ1n) is 13.9. The predicted molar refractivity (Wildman–Crippen MR) is 151 cm³/mol. The van der Waals surface area contributed by atoms with Gasteiger partial charge in [-0.05, 0) is 73.4 Å². The molecule has 1 aliphatic heterocycles. The number of benzene rings is 1. The lowest BCUT2D eigenvalue weighted by Crippen LogP contribution is -2.50. The molecule has 10 heteroatoms. The number of amides is 2. The van der Waals surface area contributed by atoms with Crippen LogP contribution in [0.15, 0.2) is 48.9 Å². The Morgan fingerprint density at radius 3 is 2.51 bits per heavy atom. The summed E-state index contributed by atoms with van der Waals surface area (Å²) in [5, 5.41) is 8.31. The maximum atomic E-state index is 14.0. The highest BCUT2D eigenvalue weighted by Crippen LogP contribution is 2.88. The van der Waals surface area contributed by atoms with Gasteiger partial charge in [0.05, 0.1) is 23.3 Å². The molecule has 1 aromatic carbocycles. The van der Waals surface area contributed by atoms with Crippen molar-refractivity contribution in [3.8, 4) is 11.1 Å². The zero-order valence-electron chi connectivity index (χ0n) is 23.5. The van der Waals surface area contributed by atoms with E-state index in [0.29, 0.717) is 35.8 Å². The van der Waals surface area contributed by atoms with Crippen LogP contribution in [0.4, 0.5) is 0 Å². The summed E-state index contributed by atoms with van der Waals surface area (Å²) in [4.78, 5) is 54.8. The largest absolute Gasteiger partial charge is 0.349 e. The number of Topliss-reactive ketones (excluding diaryl/α,β-unsaturated/α-hetero) is 1. The van der Waals surface area contributed by atoms with E-state index in [0.717, 1.165) is 34.3 Å². The molecular weight excluding hydrogens is 518 g/mol. The zero-order chi connectivity index (χ0) is 28.7. The van der Waals surface area contributed by atoms with Gasteiger partial charge in [-0.1, -0.05) is 13.0 Å². The Kier molecular flexibility index (Phi) is 5.45. The highest BCUT2D eigenvalue weighted by molar-refractivity contribution is 6.07. The molecule has 4 heterocycles. The van der Waals surface area contributed by atoms with Crippen LogP contribution in [0, 0.1) is 25.2 Å². The molecule has 208 valence electrons. The van der Waals surface area contributed by atoms with Crippen LogP contribution in [-0.2, 0) is 22.7 Å². The van der Waals surface area contributed by atoms with Crippen molar-refractivity contribution < 1.29 is 14.4 Å². The van der Waals surface area contributed by atoms with Gasteiger partial charge in [0.15, 0.2) is 5.78 Å². The van der Waals surface area contributed by atoms with Crippen LogP contribution in [0.2, 0.25) is 0 Å². The summed E-state index contributed by atoms with van der Waals surface area (Å²) < 4.78 is 1.63. The number of carbonyl (C=O) groups is 3. The van der Waals surface area contributed by atoms with Gasteiger partial charge in [-0.2, -0.15) is 5.10 Å². The Bertz CT molecular complexity index is 1750. The average Bonchev–Trinajstić information content (AvgIpc) is 3.74. The molecule has 2 aliphatic carbocycles. The third-order valence-electron chi connectivity index (χ3n) is 9.47. The molecule has 1 spiro atoms. The van der Waals surface area contributed by atoms with Crippen LogP contribution >= 0.6 is 0 Å². The average molecular weight is 550 g/mol. The maximum absolute atomic E-state index is 14.0. The number of hydrogen-bond acceptors (Lipinski definition) is 7. The van der Waals surface area contributed by atoms with Crippen molar-refractivity contribution >= 4 is 28.5 Å². The number of carbonyl (C=O) groups excluding carboxylic acids is 3. The molecule has 3 fully saturated rings. The van der Waals surface area contributed by atoms with Crippen LogP contribution in [0.1, 0.15) is 54.3 Å². The minimum absolute atomic E-state index is 0.0205. The van der Waals surface area contributed by atoms with E-state index in [1.807, 2.05) is 49.1 Å². The lowest BCUT2D eigenvalue weighted by molar-refractivity contribution is -0.141. The van der Waals surface area contributed by atoms with Crippen LogP contribution in [0.5, 0.6) is 0 Å². The molecule has 4 aromatic rings. The van der Waals surface area contributed by atoms with E-state index in [1.54, 1.807) is 23.3 Å². The Labute approximate surface area is 237 Å². The van der Waals surface area contributed by atoms with Gasteiger partial charge in [0.25, 0.3) is 0 Å². The minimum Gasteiger partial charge on any atom is -0.349 e. The molecule has 4 atom stereocenters. The van der Waals surface area contributed by atoms with Crippen molar-refractivity contribution in [3.05, 3.63) is 71.7 Å². The second-order valence-corrected chi connectivity index (χ2v) is 11.9. The molecule has 41 heavy (non-hydrogen) atoms. The van der Waals surface area contributed by atoms with Gasteiger partial charge < -0.3 is 10.2 Å². The van der Waals surface area contributed by atoms with Gasteiger partial charge in [-0.3, -0.25) is 24.0 Å². The number of aryl methyl sites for hydroxylation is 2. The van der Waals surface area contributed by atoms with Gasteiger partial charge in [-0.15, -0.1) is 0 Å². The number of hydrogen-bond donors (Lipinski definition) is 1. The fraction of sp³-hybridized carbons (Fsp3) is 0.387. The van der Waals surface area contributed by atoms with E-state index in [9.17, 15) is 14.4 Å². The van der Waals surface area contributed by atoms with E-state index in [-0.39, 0.29) is 35.1 Å². The SMILES string of the molecule is CC(=O)c1nn(CC(=O)N2[C@H](C(=O)NCc3ccccn3)C[C@@]3(C)C4C[C@@]423)c2c(C)cc(-c3cnc(C)nc3)cc12. The molecule has 1 N–H and O–H groups in total. The summed E-state index contributed by atoms with van der Waals surface area (Å²) in [5.41, 5.74) is 4.15. The summed E-state index contributed by atoms with van der Waals surface area (Å²) >= 11 is 0. The zero-order valence-corrected chi connectivity index (χ0v) is 23.5. The van der Waals surface area contributed by atoms with Gasteiger partial charge in [0, 0.05) is 36.5 Å². The lowest BCUT2D eigenvalue weighted by atomic mass is 9.91. The highest BCUT2D eigenvalue weighted by Gasteiger charge is 2.93. The van der Waals surface area contributed by atoms with Crippen molar-refractivity contribution in [2.24, 2.45) is 11.3 Å². The van der Waals surface area contributed by atoms with Crippen molar-refractivity contribution in [3.63, 3.8) is 0 Å². The molecule has 1 saturated heterocycles. The van der Waals surface area contributed by atoms with Crippen LogP contribution < -0.4 is 5.32 Å². The third kappa shape index (κ3) is 3.73. The number of rotatable bonds is 7. The highest BCUT2D eigenvalue weighted by atomic mass is 16.2. The van der Waals surface area contributed by atoms with E-state index in [2.05, 4.69) is 32.3 Å². The molecule has 0 bridgehead atoms. The minimum atomic E-state index is -0.543. The second-order valence-electron chi connectivity index (χ2n) is 11.9. The summed E-state index contributed by atoms with van der Waals surface area (Å²) in [6.07, 6.45) is 6.79. The second kappa shape index (κ2) is 8.76. The fourth-order valence-electron chi connectivity index (χ4n) is 7.27. The van der Waals surface area contributed by atoms with E-state index in [1.165, 1.54) is 6.92 Å². The molecule has 2 saturated carbocycles. The molecule has 7 rings (SSSR count). The normalized spacial score (nSPS) is 25.5. The topological polar surface area (TPSA) is 123 Å². The summed E-state index contributed by atoms with van der Waals surface area (Å²) in [6, 6.07) is 8.95. The fourth-order valence-corrected chi connectivity index (χ4v) is 7.27. The number of nitrogens with one attached hydrogen (secondary N) is 1. The number of ketones is 1. The van der Waals surface area contributed by atoms with Gasteiger partial charge >= 0.3 is 0 Å². The first-order valence-corrected chi connectivity index (χ1v) is 13.9. The van der Waals surface area contributed by atoms with E-state index >= 15 is 0 Å². The van der Waals surface area contributed by atoms with E-state index in [4.69, 9.17) is 0 Å². The molecule has 10 nitrogen and oxygen atoms in total. The number of likely N-dealkylation sites (tertiary alicyclic amines) is 1. The molecule has 0 radical (unpaired) electrons. The maximum Gasteiger partial charge on any atom is 0.245 e. The van der Waals surface area contributed by atoms with Crippen molar-refractivity contribution in [2.45, 2.75) is 65.2 Å². The van der Waals surface area contributed by atoms with Gasteiger partial charge in [0.2, 0.25) is 11.8 Å². The smallest absolute Gasteiger partial charge is 0.245 e. The first-order chi connectivity index (χ1) is 19.6. The Balaban J connectivity index is 1.20. The quantitative estimate of drug-likeness (QED) is 0.351.